The Balaban J connectivity index is 0.00000320. The van der Waals surface area contributed by atoms with Crippen molar-refractivity contribution in [3.05, 3.63) is 60.3 Å². The highest BCUT2D eigenvalue weighted by atomic mass is 127. The molecule has 7 heteroatoms. The second kappa shape index (κ2) is 12.2. The lowest BCUT2D eigenvalue weighted by Gasteiger charge is -2.14. The number of hydrogen-bond donors (Lipinski definition) is 2. The van der Waals surface area contributed by atoms with E-state index in [4.69, 9.17) is 14.5 Å². The maximum atomic E-state index is 5.66. The third-order valence-corrected chi connectivity index (χ3v) is 4.44. The minimum atomic E-state index is 0. The first-order valence-corrected chi connectivity index (χ1v) is 9.94. The van der Waals surface area contributed by atoms with Crippen LogP contribution in [0.1, 0.15) is 19.4 Å². The van der Waals surface area contributed by atoms with Gasteiger partial charge in [-0.15, -0.1) is 24.0 Å². The molecule has 2 N–H and O–H groups in total. The molecule has 0 aliphatic heterocycles. The largest absolute Gasteiger partial charge is 0.493 e. The van der Waals surface area contributed by atoms with Gasteiger partial charge in [-0.3, -0.25) is 9.98 Å². The van der Waals surface area contributed by atoms with Crippen molar-refractivity contribution in [1.82, 2.24) is 10.3 Å². The number of methoxy groups -OCH3 is 1. The van der Waals surface area contributed by atoms with E-state index in [1.807, 2.05) is 44.3 Å². The Hall–Kier alpha value is -2.55. The molecular formula is C23H29IN4O2. The lowest BCUT2D eigenvalue weighted by Crippen LogP contribution is -2.30. The van der Waals surface area contributed by atoms with Crippen LogP contribution in [0.25, 0.3) is 10.9 Å². The predicted molar refractivity (Wildman–Crippen MR) is 135 cm³/mol. The van der Waals surface area contributed by atoms with E-state index in [9.17, 15) is 0 Å². The van der Waals surface area contributed by atoms with E-state index in [1.165, 1.54) is 5.56 Å². The van der Waals surface area contributed by atoms with Gasteiger partial charge in [0.2, 0.25) is 0 Å². The number of ether oxygens (including phenoxy) is 2. The summed E-state index contributed by atoms with van der Waals surface area (Å²) < 4.78 is 11.0. The second-order valence-electron chi connectivity index (χ2n) is 6.43. The first kappa shape index (κ1) is 23.7. The molecule has 3 rings (SSSR count). The Labute approximate surface area is 195 Å². The minimum absolute atomic E-state index is 0. The molecule has 0 spiro atoms. The van der Waals surface area contributed by atoms with Crippen LogP contribution in [0, 0.1) is 0 Å². The van der Waals surface area contributed by atoms with Gasteiger partial charge in [-0.2, -0.15) is 0 Å². The van der Waals surface area contributed by atoms with Crippen molar-refractivity contribution in [2.45, 2.75) is 20.3 Å². The van der Waals surface area contributed by atoms with E-state index in [1.54, 1.807) is 7.11 Å². The second-order valence-corrected chi connectivity index (χ2v) is 6.43. The van der Waals surface area contributed by atoms with Crippen molar-refractivity contribution in [2.75, 3.05) is 32.1 Å². The fraction of sp³-hybridized carbons (Fsp3) is 0.304. The molecule has 0 saturated carbocycles. The van der Waals surface area contributed by atoms with Gasteiger partial charge in [0.05, 0.1) is 19.2 Å². The molecule has 0 saturated heterocycles. The van der Waals surface area contributed by atoms with Gasteiger partial charge in [0.25, 0.3) is 0 Å². The molecule has 0 amide bonds. The first-order valence-electron chi connectivity index (χ1n) is 9.94. The maximum Gasteiger partial charge on any atom is 0.195 e. The van der Waals surface area contributed by atoms with Crippen LogP contribution in [0.15, 0.2) is 59.7 Å². The molecule has 160 valence electrons. The zero-order chi connectivity index (χ0) is 20.5. The quantitative estimate of drug-likeness (QED) is 0.252. The van der Waals surface area contributed by atoms with E-state index in [-0.39, 0.29) is 24.0 Å². The van der Waals surface area contributed by atoms with Crippen molar-refractivity contribution < 1.29 is 9.47 Å². The van der Waals surface area contributed by atoms with E-state index in [2.05, 4.69) is 39.9 Å². The first-order chi connectivity index (χ1) is 14.2. The topological polar surface area (TPSA) is 67.8 Å². The Bertz CT molecular complexity index is 973. The van der Waals surface area contributed by atoms with Crippen molar-refractivity contribution in [1.29, 1.82) is 0 Å². The monoisotopic (exact) mass is 520 g/mol. The number of aromatic nitrogens is 1. The van der Waals surface area contributed by atoms with Gasteiger partial charge in [-0.25, -0.2) is 0 Å². The van der Waals surface area contributed by atoms with E-state index < -0.39 is 0 Å². The molecule has 0 bridgehead atoms. The molecule has 0 radical (unpaired) electrons. The zero-order valence-corrected chi connectivity index (χ0v) is 20.0. The number of benzene rings is 2. The molecule has 6 nitrogen and oxygen atoms in total. The van der Waals surface area contributed by atoms with Crippen molar-refractivity contribution in [3.63, 3.8) is 0 Å². The highest BCUT2D eigenvalue weighted by molar-refractivity contribution is 14.0. The summed E-state index contributed by atoms with van der Waals surface area (Å²) in [6.45, 7) is 6.00. The predicted octanol–water partition coefficient (Wildman–Crippen LogP) is 4.88. The number of rotatable bonds is 8. The number of halogens is 1. The van der Waals surface area contributed by atoms with E-state index in [0.717, 1.165) is 35.5 Å². The van der Waals surface area contributed by atoms with E-state index >= 15 is 0 Å². The fourth-order valence-corrected chi connectivity index (χ4v) is 3.12. The summed E-state index contributed by atoms with van der Waals surface area (Å²) in [7, 11) is 1.64. The number of hydrogen-bond acceptors (Lipinski definition) is 4. The fourth-order valence-electron chi connectivity index (χ4n) is 3.12. The lowest BCUT2D eigenvalue weighted by atomic mass is 10.1. The number of nitrogens with one attached hydrogen (secondary N) is 2. The smallest absolute Gasteiger partial charge is 0.195 e. The molecular weight excluding hydrogens is 491 g/mol. The minimum Gasteiger partial charge on any atom is -0.493 e. The SMILES string of the molecule is CCNC(=NCCc1cccc2cccnc12)Nc1ccc(OC)c(OCC)c1.I. The molecule has 0 unspecified atom stereocenters. The number of anilines is 1. The van der Waals surface area contributed by atoms with Crippen LogP contribution >= 0.6 is 24.0 Å². The molecule has 3 aromatic rings. The van der Waals surface area contributed by atoms with Crippen molar-refractivity contribution >= 4 is 46.5 Å². The lowest BCUT2D eigenvalue weighted by molar-refractivity contribution is 0.311. The van der Waals surface area contributed by atoms with E-state index in [0.29, 0.717) is 24.7 Å². The summed E-state index contributed by atoms with van der Waals surface area (Å²) >= 11 is 0. The average molecular weight is 520 g/mol. The van der Waals surface area contributed by atoms with Gasteiger partial charge in [0.15, 0.2) is 17.5 Å². The zero-order valence-electron chi connectivity index (χ0n) is 17.6. The number of guanidine groups is 1. The summed E-state index contributed by atoms with van der Waals surface area (Å²) in [6.07, 6.45) is 2.65. The standard InChI is InChI=1S/C23H28N4O2.HI/c1-4-24-23(27-19-11-12-20(28-3)21(16-19)29-5-2)26-15-13-18-9-6-8-17-10-7-14-25-22(17)18;/h6-12,14,16H,4-5,13,15H2,1-3H3,(H2,24,26,27);1H. The van der Waals surface area contributed by atoms with Crippen LogP contribution in [0.4, 0.5) is 5.69 Å². The van der Waals surface area contributed by atoms with Crippen LogP contribution < -0.4 is 20.1 Å². The number of aliphatic imine (C=N–C) groups is 1. The van der Waals surface area contributed by atoms with Crippen LogP contribution in [0.2, 0.25) is 0 Å². The normalized spacial score (nSPS) is 11.0. The van der Waals surface area contributed by atoms with Crippen LogP contribution in [0.5, 0.6) is 11.5 Å². The van der Waals surface area contributed by atoms with Gasteiger partial charge in [0.1, 0.15) is 0 Å². The molecule has 0 fully saturated rings. The number of para-hydroxylation sites is 1. The molecule has 2 aromatic carbocycles. The molecule has 0 aliphatic carbocycles. The van der Waals surface area contributed by atoms with Gasteiger partial charge < -0.3 is 20.1 Å². The van der Waals surface area contributed by atoms with Gasteiger partial charge >= 0.3 is 0 Å². The highest BCUT2D eigenvalue weighted by Gasteiger charge is 2.07. The molecule has 0 aliphatic rings. The molecule has 30 heavy (non-hydrogen) atoms. The summed E-state index contributed by atoms with van der Waals surface area (Å²) in [4.78, 5) is 9.24. The summed E-state index contributed by atoms with van der Waals surface area (Å²) in [5.74, 6) is 2.15. The van der Waals surface area contributed by atoms with Gasteiger partial charge in [0, 0.05) is 36.4 Å². The number of fused-ring (bicyclic) bond motifs is 1. The Morgan fingerprint density at radius 1 is 1.07 bits per heavy atom. The van der Waals surface area contributed by atoms with Crippen molar-refractivity contribution in [2.24, 2.45) is 4.99 Å². The van der Waals surface area contributed by atoms with Gasteiger partial charge in [-0.1, -0.05) is 24.3 Å². The third-order valence-electron chi connectivity index (χ3n) is 4.44. The van der Waals surface area contributed by atoms with Gasteiger partial charge in [-0.05, 0) is 44.0 Å². The third kappa shape index (κ3) is 6.22. The average Bonchev–Trinajstić information content (AvgIpc) is 2.74. The molecule has 1 aromatic heterocycles. The number of nitrogens with zero attached hydrogens (tertiary/aromatic N) is 2. The Kier molecular flexibility index (Phi) is 9.66. The van der Waals surface area contributed by atoms with Crippen LogP contribution in [-0.2, 0) is 6.42 Å². The Morgan fingerprint density at radius 3 is 2.67 bits per heavy atom. The maximum absolute atomic E-state index is 5.66. The highest BCUT2D eigenvalue weighted by Crippen LogP contribution is 2.30. The number of pyridine rings is 1. The summed E-state index contributed by atoms with van der Waals surface area (Å²) in [6, 6.07) is 16.1. The summed E-state index contributed by atoms with van der Waals surface area (Å²) in [5, 5.41) is 7.78. The Morgan fingerprint density at radius 2 is 1.90 bits per heavy atom. The van der Waals surface area contributed by atoms with Crippen LogP contribution in [0.3, 0.4) is 0 Å². The van der Waals surface area contributed by atoms with Crippen LogP contribution in [-0.4, -0.2) is 37.7 Å². The van der Waals surface area contributed by atoms with Crippen molar-refractivity contribution in [3.8, 4) is 11.5 Å². The molecule has 0 atom stereocenters. The molecule has 1 heterocycles. The summed E-state index contributed by atoms with van der Waals surface area (Å²) in [5.41, 5.74) is 3.13.